The first-order chi connectivity index (χ1) is 11.0. The number of likely N-dealkylation sites (tertiary alicyclic amines) is 1. The molecule has 2 aromatic heterocycles. The maximum atomic E-state index is 12.7. The third-order valence-corrected chi connectivity index (χ3v) is 4.58. The lowest BCUT2D eigenvalue weighted by atomic mass is 10.1. The van der Waals surface area contributed by atoms with Crippen LogP contribution in [0.5, 0.6) is 0 Å². The predicted molar refractivity (Wildman–Crippen MR) is 84.9 cm³/mol. The van der Waals surface area contributed by atoms with Crippen molar-refractivity contribution >= 4 is 11.8 Å². The van der Waals surface area contributed by atoms with Crippen LogP contribution in [0.3, 0.4) is 0 Å². The van der Waals surface area contributed by atoms with Gasteiger partial charge in [0.15, 0.2) is 0 Å². The molecule has 0 unspecified atom stereocenters. The van der Waals surface area contributed by atoms with Crippen molar-refractivity contribution in [2.24, 2.45) is 11.7 Å². The van der Waals surface area contributed by atoms with Crippen molar-refractivity contribution in [3.63, 3.8) is 0 Å². The molecule has 0 aliphatic carbocycles. The molecule has 6 nitrogen and oxygen atoms in total. The van der Waals surface area contributed by atoms with Gasteiger partial charge >= 0.3 is 0 Å². The van der Waals surface area contributed by atoms with E-state index < -0.39 is 0 Å². The summed E-state index contributed by atoms with van der Waals surface area (Å²) < 4.78 is 7.45. The smallest absolute Gasteiger partial charge is 0.255 e. The molecular weight excluding hydrogens is 294 g/mol. The van der Waals surface area contributed by atoms with Crippen molar-refractivity contribution in [2.45, 2.75) is 26.8 Å². The quantitative estimate of drug-likeness (QED) is 0.932. The molecule has 3 heterocycles. The second-order valence-corrected chi connectivity index (χ2v) is 6.09. The number of carbonyl (C=O) groups is 2. The summed E-state index contributed by atoms with van der Waals surface area (Å²) in [6.45, 7) is 5.50. The summed E-state index contributed by atoms with van der Waals surface area (Å²) >= 11 is 0. The zero-order valence-corrected chi connectivity index (χ0v) is 13.4. The minimum Gasteiger partial charge on any atom is -0.467 e. The van der Waals surface area contributed by atoms with E-state index in [2.05, 4.69) is 4.57 Å². The second kappa shape index (κ2) is 5.95. The molecule has 1 saturated heterocycles. The molecular formula is C17H21N3O3. The highest BCUT2D eigenvalue weighted by atomic mass is 16.3. The van der Waals surface area contributed by atoms with Crippen LogP contribution in [-0.2, 0) is 11.3 Å². The van der Waals surface area contributed by atoms with Crippen LogP contribution < -0.4 is 5.73 Å². The average molecular weight is 315 g/mol. The van der Waals surface area contributed by atoms with Gasteiger partial charge in [0.25, 0.3) is 5.91 Å². The number of nitrogens with zero attached hydrogens (tertiary/aromatic N) is 2. The van der Waals surface area contributed by atoms with Gasteiger partial charge in [-0.1, -0.05) is 0 Å². The number of nitrogens with two attached hydrogens (primary N) is 1. The Morgan fingerprint density at radius 2 is 2.17 bits per heavy atom. The van der Waals surface area contributed by atoms with Crippen molar-refractivity contribution in [1.82, 2.24) is 9.47 Å². The number of carbonyl (C=O) groups excluding carboxylic acids is 2. The van der Waals surface area contributed by atoms with Crippen molar-refractivity contribution in [1.29, 1.82) is 0 Å². The first-order valence-electron chi connectivity index (χ1n) is 7.75. The second-order valence-electron chi connectivity index (χ2n) is 6.09. The van der Waals surface area contributed by atoms with Crippen molar-refractivity contribution in [2.75, 3.05) is 13.1 Å². The standard InChI is InChI=1S/C17H21N3O3/c1-11-8-15(12(2)20(11)10-14-4-3-7-23-14)17(22)19-6-5-13(9-19)16(18)21/h3-4,7-8,13H,5-6,9-10H2,1-2H3,(H2,18,21)/t13-/m0/s1. The Kier molecular flexibility index (Phi) is 3.98. The van der Waals surface area contributed by atoms with E-state index >= 15 is 0 Å². The Hall–Kier alpha value is -2.50. The molecule has 0 aromatic carbocycles. The van der Waals surface area contributed by atoms with Crippen molar-refractivity contribution in [3.8, 4) is 0 Å². The lowest BCUT2D eigenvalue weighted by molar-refractivity contribution is -0.121. The fraction of sp³-hybridized carbons (Fsp3) is 0.412. The van der Waals surface area contributed by atoms with Gasteiger partial charge in [0, 0.05) is 24.5 Å². The van der Waals surface area contributed by atoms with Gasteiger partial charge in [0.1, 0.15) is 5.76 Å². The largest absolute Gasteiger partial charge is 0.467 e. The highest BCUT2D eigenvalue weighted by molar-refractivity contribution is 5.96. The summed E-state index contributed by atoms with van der Waals surface area (Å²) in [5.74, 6) is 0.252. The minimum atomic E-state index is -0.330. The maximum Gasteiger partial charge on any atom is 0.255 e. The van der Waals surface area contributed by atoms with E-state index in [-0.39, 0.29) is 17.7 Å². The molecule has 6 heteroatoms. The van der Waals surface area contributed by atoms with E-state index in [0.29, 0.717) is 31.6 Å². The Morgan fingerprint density at radius 1 is 1.39 bits per heavy atom. The summed E-state index contributed by atoms with van der Waals surface area (Å²) in [5.41, 5.74) is 7.94. The van der Waals surface area contributed by atoms with E-state index in [1.54, 1.807) is 11.2 Å². The first-order valence-corrected chi connectivity index (χ1v) is 7.75. The van der Waals surface area contributed by atoms with Crippen LogP contribution in [0.2, 0.25) is 0 Å². The number of aromatic nitrogens is 1. The fourth-order valence-electron chi connectivity index (χ4n) is 3.17. The molecule has 1 aliphatic heterocycles. The molecule has 2 N–H and O–H groups in total. The highest BCUT2D eigenvalue weighted by Gasteiger charge is 2.31. The summed E-state index contributed by atoms with van der Waals surface area (Å²) in [7, 11) is 0. The zero-order chi connectivity index (χ0) is 16.6. The number of amides is 2. The van der Waals surface area contributed by atoms with E-state index in [9.17, 15) is 9.59 Å². The summed E-state index contributed by atoms with van der Waals surface area (Å²) in [6.07, 6.45) is 2.29. The Morgan fingerprint density at radius 3 is 2.78 bits per heavy atom. The third kappa shape index (κ3) is 2.88. The molecule has 0 saturated carbocycles. The molecule has 0 bridgehead atoms. The van der Waals surface area contributed by atoms with Gasteiger partial charge in [-0.15, -0.1) is 0 Å². The van der Waals surface area contributed by atoms with E-state index in [1.807, 2.05) is 32.0 Å². The molecule has 2 amide bonds. The Balaban J connectivity index is 1.81. The normalized spacial score (nSPS) is 17.7. The van der Waals surface area contributed by atoms with Crippen LogP contribution in [0, 0.1) is 19.8 Å². The zero-order valence-electron chi connectivity index (χ0n) is 13.4. The molecule has 1 atom stereocenters. The van der Waals surface area contributed by atoms with Crippen LogP contribution in [0.1, 0.15) is 33.9 Å². The highest BCUT2D eigenvalue weighted by Crippen LogP contribution is 2.23. The van der Waals surface area contributed by atoms with Crippen LogP contribution in [0.15, 0.2) is 28.9 Å². The maximum absolute atomic E-state index is 12.7. The lowest BCUT2D eigenvalue weighted by Gasteiger charge is -2.16. The Labute approximate surface area is 134 Å². The fourth-order valence-corrected chi connectivity index (χ4v) is 3.17. The number of aryl methyl sites for hydroxylation is 1. The van der Waals surface area contributed by atoms with E-state index in [1.165, 1.54) is 0 Å². The number of hydrogen-bond acceptors (Lipinski definition) is 3. The summed E-state index contributed by atoms with van der Waals surface area (Å²) in [6, 6.07) is 5.67. The third-order valence-electron chi connectivity index (χ3n) is 4.58. The molecule has 0 radical (unpaired) electrons. The number of rotatable bonds is 4. The number of furan rings is 1. The van der Waals surface area contributed by atoms with Gasteiger partial charge in [-0.25, -0.2) is 0 Å². The van der Waals surface area contributed by atoms with Gasteiger partial charge in [-0.05, 0) is 38.5 Å². The summed E-state index contributed by atoms with van der Waals surface area (Å²) in [4.78, 5) is 25.7. The van der Waals surface area contributed by atoms with Crippen LogP contribution >= 0.6 is 0 Å². The molecule has 0 spiro atoms. The van der Waals surface area contributed by atoms with Crippen LogP contribution in [0.25, 0.3) is 0 Å². The van der Waals surface area contributed by atoms with E-state index in [4.69, 9.17) is 10.2 Å². The minimum absolute atomic E-state index is 0.0347. The topological polar surface area (TPSA) is 81.5 Å². The molecule has 122 valence electrons. The van der Waals surface area contributed by atoms with Gasteiger partial charge in [-0.3, -0.25) is 9.59 Å². The van der Waals surface area contributed by atoms with Crippen molar-refractivity contribution in [3.05, 3.63) is 47.2 Å². The summed E-state index contributed by atoms with van der Waals surface area (Å²) in [5, 5.41) is 0. The molecule has 23 heavy (non-hydrogen) atoms. The van der Waals surface area contributed by atoms with Crippen LogP contribution in [-0.4, -0.2) is 34.4 Å². The SMILES string of the molecule is Cc1cc(C(=O)N2CC[C@H](C(N)=O)C2)c(C)n1Cc1ccco1. The number of hydrogen-bond donors (Lipinski definition) is 1. The number of primary amides is 1. The van der Waals surface area contributed by atoms with Gasteiger partial charge in [0.2, 0.25) is 5.91 Å². The molecule has 1 fully saturated rings. The van der Waals surface area contributed by atoms with Gasteiger partial charge in [0.05, 0.1) is 24.3 Å². The van der Waals surface area contributed by atoms with Crippen LogP contribution in [0.4, 0.5) is 0 Å². The average Bonchev–Trinajstić information content (AvgIpc) is 3.23. The molecule has 3 rings (SSSR count). The predicted octanol–water partition coefficient (Wildman–Crippen LogP) is 1.69. The van der Waals surface area contributed by atoms with Crippen molar-refractivity contribution < 1.29 is 14.0 Å². The van der Waals surface area contributed by atoms with Gasteiger partial charge < -0.3 is 19.6 Å². The molecule has 2 aromatic rings. The van der Waals surface area contributed by atoms with Gasteiger partial charge in [-0.2, -0.15) is 0 Å². The van der Waals surface area contributed by atoms with E-state index in [0.717, 1.165) is 17.1 Å². The molecule has 1 aliphatic rings. The monoisotopic (exact) mass is 315 g/mol. The lowest BCUT2D eigenvalue weighted by Crippen LogP contribution is -2.32. The Bertz CT molecular complexity index is 731. The first kappa shape index (κ1) is 15.4.